The maximum absolute atomic E-state index is 12.3. The molecular weight excluding hydrogens is 318 g/mol. The van der Waals surface area contributed by atoms with E-state index >= 15 is 0 Å². The fraction of sp³-hybridized carbons (Fsp3) is 0.0526. The van der Waals surface area contributed by atoms with Crippen molar-refractivity contribution in [3.8, 4) is 0 Å². The molecule has 2 heterocycles. The fourth-order valence-electron chi connectivity index (χ4n) is 3.04. The second-order valence-corrected chi connectivity index (χ2v) is 5.70. The molecule has 2 aromatic carbocycles. The van der Waals surface area contributed by atoms with Crippen LogP contribution < -0.4 is 5.56 Å². The quantitative estimate of drug-likeness (QED) is 0.327. The van der Waals surface area contributed by atoms with E-state index in [-0.39, 0.29) is 6.54 Å². The highest BCUT2D eigenvalue weighted by Crippen LogP contribution is 2.26. The average molecular weight is 331 g/mol. The second kappa shape index (κ2) is 5.83. The number of rotatable bonds is 3. The van der Waals surface area contributed by atoms with Crippen LogP contribution in [-0.4, -0.2) is 14.5 Å². The van der Waals surface area contributed by atoms with Gasteiger partial charge in [-0.2, -0.15) is 0 Å². The standard InChI is InChI=1S/C19H13N3O3/c23-19-18(22(24)25)10-5-11-21(19)12-17-15-8-2-1-6-13(15)14-7-3-4-9-16(14)20-17/h1-11H,12H2. The number of hydrogen-bond acceptors (Lipinski definition) is 4. The Morgan fingerprint density at radius 2 is 1.60 bits per heavy atom. The van der Waals surface area contributed by atoms with Crippen molar-refractivity contribution < 1.29 is 4.92 Å². The maximum Gasteiger partial charge on any atom is 0.334 e. The monoisotopic (exact) mass is 331 g/mol. The number of nitro groups is 1. The highest BCUT2D eigenvalue weighted by molar-refractivity contribution is 6.06. The molecule has 0 N–H and O–H groups in total. The van der Waals surface area contributed by atoms with Crippen LogP contribution in [0.4, 0.5) is 5.69 Å². The molecule has 2 aromatic heterocycles. The highest BCUT2D eigenvalue weighted by atomic mass is 16.6. The molecule has 0 bridgehead atoms. The van der Waals surface area contributed by atoms with Crippen LogP contribution in [0.25, 0.3) is 21.7 Å². The second-order valence-electron chi connectivity index (χ2n) is 5.70. The van der Waals surface area contributed by atoms with E-state index in [2.05, 4.69) is 4.98 Å². The number of nitrogens with zero attached hydrogens (tertiary/aromatic N) is 3. The molecule has 4 rings (SSSR count). The van der Waals surface area contributed by atoms with Gasteiger partial charge in [0.2, 0.25) is 0 Å². The zero-order chi connectivity index (χ0) is 17.4. The van der Waals surface area contributed by atoms with Crippen molar-refractivity contribution in [1.82, 2.24) is 9.55 Å². The summed E-state index contributed by atoms with van der Waals surface area (Å²) < 4.78 is 1.32. The lowest BCUT2D eigenvalue weighted by Crippen LogP contribution is -2.22. The van der Waals surface area contributed by atoms with Crippen molar-refractivity contribution in [3.63, 3.8) is 0 Å². The van der Waals surface area contributed by atoms with E-state index in [0.717, 1.165) is 21.7 Å². The highest BCUT2D eigenvalue weighted by Gasteiger charge is 2.15. The van der Waals surface area contributed by atoms with E-state index in [0.29, 0.717) is 5.69 Å². The largest absolute Gasteiger partial charge is 0.334 e. The minimum Gasteiger partial charge on any atom is -0.304 e. The molecule has 0 aliphatic rings. The normalized spacial score (nSPS) is 11.0. The Balaban J connectivity index is 1.94. The third-order valence-corrected chi connectivity index (χ3v) is 4.20. The molecule has 6 nitrogen and oxygen atoms in total. The molecule has 25 heavy (non-hydrogen) atoms. The smallest absolute Gasteiger partial charge is 0.304 e. The van der Waals surface area contributed by atoms with Crippen LogP contribution in [0, 0.1) is 10.1 Å². The van der Waals surface area contributed by atoms with Gasteiger partial charge in [-0.3, -0.25) is 19.9 Å². The van der Waals surface area contributed by atoms with Crippen LogP contribution in [0.1, 0.15) is 5.69 Å². The zero-order valence-corrected chi connectivity index (χ0v) is 13.1. The number of aromatic nitrogens is 2. The Bertz CT molecular complexity index is 1180. The van der Waals surface area contributed by atoms with E-state index in [1.165, 1.54) is 16.7 Å². The van der Waals surface area contributed by atoms with Gasteiger partial charge in [-0.15, -0.1) is 0 Å². The maximum atomic E-state index is 12.3. The lowest BCUT2D eigenvalue weighted by atomic mass is 10.0. The van der Waals surface area contributed by atoms with Crippen molar-refractivity contribution in [1.29, 1.82) is 0 Å². The molecule has 0 saturated carbocycles. The third-order valence-electron chi connectivity index (χ3n) is 4.20. The van der Waals surface area contributed by atoms with Crippen molar-refractivity contribution >= 4 is 27.4 Å². The molecule has 4 aromatic rings. The van der Waals surface area contributed by atoms with Gasteiger partial charge in [0.25, 0.3) is 0 Å². The SMILES string of the molecule is O=c1c([N+](=O)[O-])cccn1Cc1nc2ccccc2c2ccccc12. The van der Waals surface area contributed by atoms with Crippen molar-refractivity contribution in [2.24, 2.45) is 0 Å². The summed E-state index contributed by atoms with van der Waals surface area (Å²) >= 11 is 0. The first-order valence-electron chi connectivity index (χ1n) is 7.75. The van der Waals surface area contributed by atoms with E-state index in [1.807, 2.05) is 48.5 Å². The van der Waals surface area contributed by atoms with E-state index in [4.69, 9.17) is 0 Å². The molecule has 0 radical (unpaired) electrons. The topological polar surface area (TPSA) is 78.0 Å². The first kappa shape index (κ1) is 15.0. The van der Waals surface area contributed by atoms with Crippen LogP contribution in [0.2, 0.25) is 0 Å². The Morgan fingerprint density at radius 3 is 2.36 bits per heavy atom. The van der Waals surface area contributed by atoms with Gasteiger partial charge >= 0.3 is 11.2 Å². The van der Waals surface area contributed by atoms with Gasteiger partial charge in [0, 0.05) is 23.0 Å². The summed E-state index contributed by atoms with van der Waals surface area (Å²) in [5.41, 5.74) is 0.464. The number of para-hydroxylation sites is 1. The minimum atomic E-state index is -0.662. The predicted molar refractivity (Wildman–Crippen MR) is 95.7 cm³/mol. The molecule has 0 aliphatic carbocycles. The third kappa shape index (κ3) is 2.53. The predicted octanol–water partition coefficient (Wildman–Crippen LogP) is 3.51. The van der Waals surface area contributed by atoms with E-state index in [1.54, 1.807) is 6.20 Å². The first-order valence-corrected chi connectivity index (χ1v) is 7.75. The summed E-state index contributed by atoms with van der Waals surface area (Å²) in [5, 5.41) is 14.0. The summed E-state index contributed by atoms with van der Waals surface area (Å²) in [6.07, 6.45) is 1.54. The van der Waals surface area contributed by atoms with Gasteiger partial charge in [-0.05, 0) is 17.5 Å². The average Bonchev–Trinajstić information content (AvgIpc) is 2.63. The van der Waals surface area contributed by atoms with Gasteiger partial charge in [0.1, 0.15) is 0 Å². The molecular formula is C19H13N3O3. The Hall–Kier alpha value is -3.54. The van der Waals surface area contributed by atoms with Gasteiger partial charge in [0.05, 0.1) is 22.7 Å². The molecule has 6 heteroatoms. The molecule has 0 aliphatic heterocycles. The molecule has 0 spiro atoms. The lowest BCUT2D eigenvalue weighted by molar-refractivity contribution is -0.386. The van der Waals surface area contributed by atoms with Crippen molar-refractivity contribution in [2.75, 3.05) is 0 Å². The summed E-state index contributed by atoms with van der Waals surface area (Å²) in [5.74, 6) is 0. The summed E-state index contributed by atoms with van der Waals surface area (Å²) in [6.45, 7) is 0.172. The summed E-state index contributed by atoms with van der Waals surface area (Å²) in [6, 6.07) is 18.3. The molecule has 0 fully saturated rings. The molecule has 0 unspecified atom stereocenters. The molecule has 0 atom stereocenters. The lowest BCUT2D eigenvalue weighted by Gasteiger charge is -2.11. The van der Waals surface area contributed by atoms with Gasteiger partial charge in [0.15, 0.2) is 0 Å². The minimum absolute atomic E-state index is 0.172. The Labute approximate surface area is 142 Å². The summed E-state index contributed by atoms with van der Waals surface area (Å²) in [4.78, 5) is 27.3. The van der Waals surface area contributed by atoms with Crippen LogP contribution >= 0.6 is 0 Å². The Kier molecular flexibility index (Phi) is 3.50. The van der Waals surface area contributed by atoms with Gasteiger partial charge < -0.3 is 4.57 Å². The van der Waals surface area contributed by atoms with Gasteiger partial charge in [-0.25, -0.2) is 0 Å². The van der Waals surface area contributed by atoms with Crippen LogP contribution in [0.5, 0.6) is 0 Å². The van der Waals surface area contributed by atoms with E-state index in [9.17, 15) is 14.9 Å². The zero-order valence-electron chi connectivity index (χ0n) is 13.1. The molecule has 0 saturated heterocycles. The first-order chi connectivity index (χ1) is 12.1. The van der Waals surface area contributed by atoms with Gasteiger partial charge in [-0.1, -0.05) is 42.5 Å². The molecule has 0 amide bonds. The number of pyridine rings is 2. The number of benzene rings is 2. The molecule has 122 valence electrons. The number of fused-ring (bicyclic) bond motifs is 3. The van der Waals surface area contributed by atoms with E-state index < -0.39 is 16.2 Å². The van der Waals surface area contributed by atoms with Crippen molar-refractivity contribution in [3.05, 3.63) is 93.0 Å². The van der Waals surface area contributed by atoms with Crippen LogP contribution in [-0.2, 0) is 6.54 Å². The summed E-state index contributed by atoms with van der Waals surface area (Å²) in [7, 11) is 0. The van der Waals surface area contributed by atoms with Crippen LogP contribution in [0.15, 0.2) is 71.7 Å². The number of hydrogen-bond donors (Lipinski definition) is 0. The Morgan fingerprint density at radius 1 is 0.920 bits per heavy atom. The van der Waals surface area contributed by atoms with Crippen molar-refractivity contribution in [2.45, 2.75) is 6.54 Å². The van der Waals surface area contributed by atoms with Crippen LogP contribution in [0.3, 0.4) is 0 Å². The fourth-order valence-corrected chi connectivity index (χ4v) is 3.04.